The third kappa shape index (κ3) is 3.83. The number of thiophene rings is 1. The van der Waals surface area contributed by atoms with Crippen LogP contribution in [0, 0.1) is 0 Å². The Kier molecular flexibility index (Phi) is 5.03. The minimum atomic E-state index is -0.266. The first-order valence-electron chi connectivity index (χ1n) is 4.56. The Hall–Kier alpha value is -1.17. The molecule has 0 unspecified atom stereocenters. The van der Waals surface area contributed by atoms with Crippen molar-refractivity contribution in [3.63, 3.8) is 0 Å². The average molecular weight is 226 g/mol. The molecule has 3 N–H and O–H groups in total. The fourth-order valence-electron chi connectivity index (χ4n) is 0.988. The first kappa shape index (κ1) is 11.9. The predicted molar refractivity (Wildman–Crippen MR) is 60.4 cm³/mol. The molecule has 82 valence electrons. The molecule has 0 aliphatic rings. The molecule has 0 saturated carbocycles. The normalized spacial score (nSPS) is 9.93. The highest BCUT2D eigenvalue weighted by atomic mass is 32.1. The second-order valence-corrected chi connectivity index (χ2v) is 4.04. The van der Waals surface area contributed by atoms with Gasteiger partial charge in [-0.3, -0.25) is 10.2 Å². The van der Waals surface area contributed by atoms with Gasteiger partial charge in [0.1, 0.15) is 0 Å². The van der Waals surface area contributed by atoms with E-state index in [9.17, 15) is 4.79 Å². The molecule has 0 aromatic carbocycles. The van der Waals surface area contributed by atoms with Crippen LogP contribution in [-0.4, -0.2) is 12.5 Å². The molecule has 5 heteroatoms. The van der Waals surface area contributed by atoms with Crippen LogP contribution in [0.2, 0.25) is 0 Å². The van der Waals surface area contributed by atoms with Crippen LogP contribution < -0.4 is 11.3 Å². The van der Waals surface area contributed by atoms with Gasteiger partial charge in [0.15, 0.2) is 0 Å². The van der Waals surface area contributed by atoms with Crippen LogP contribution in [0.1, 0.15) is 21.0 Å². The molecule has 1 aromatic heterocycles. The SMILES string of the molecule is C=CCCOCc1ccc(C(=O)NN)s1. The lowest BCUT2D eigenvalue weighted by molar-refractivity contribution is 0.0957. The molecule has 1 rings (SSSR count). The molecule has 1 amide bonds. The summed E-state index contributed by atoms with van der Waals surface area (Å²) in [6, 6.07) is 3.60. The van der Waals surface area contributed by atoms with Crippen LogP contribution in [0.3, 0.4) is 0 Å². The summed E-state index contributed by atoms with van der Waals surface area (Å²) >= 11 is 1.38. The predicted octanol–water partition coefficient (Wildman–Crippen LogP) is 1.44. The maximum Gasteiger partial charge on any atom is 0.275 e. The Morgan fingerprint density at radius 3 is 3.13 bits per heavy atom. The van der Waals surface area contributed by atoms with Crippen molar-refractivity contribution in [3.8, 4) is 0 Å². The third-order valence-corrected chi connectivity index (χ3v) is 2.78. The van der Waals surface area contributed by atoms with E-state index in [2.05, 4.69) is 12.0 Å². The molecule has 0 fully saturated rings. The second-order valence-electron chi connectivity index (χ2n) is 2.87. The van der Waals surface area contributed by atoms with E-state index < -0.39 is 0 Å². The molecule has 15 heavy (non-hydrogen) atoms. The first-order chi connectivity index (χ1) is 7.27. The summed E-state index contributed by atoms with van der Waals surface area (Å²) < 4.78 is 5.36. The quantitative estimate of drug-likeness (QED) is 0.254. The minimum absolute atomic E-state index is 0.266. The molecule has 1 aromatic rings. The summed E-state index contributed by atoms with van der Waals surface area (Å²) in [6.07, 6.45) is 2.64. The number of hydrogen-bond donors (Lipinski definition) is 2. The Bertz CT molecular complexity index is 336. The van der Waals surface area contributed by atoms with Crippen LogP contribution in [0.4, 0.5) is 0 Å². The van der Waals surface area contributed by atoms with Crippen molar-refractivity contribution in [1.29, 1.82) is 0 Å². The number of nitrogens with two attached hydrogens (primary N) is 1. The van der Waals surface area contributed by atoms with E-state index >= 15 is 0 Å². The van der Waals surface area contributed by atoms with Crippen LogP contribution in [0.5, 0.6) is 0 Å². The highest BCUT2D eigenvalue weighted by molar-refractivity contribution is 7.14. The highest BCUT2D eigenvalue weighted by Crippen LogP contribution is 2.17. The third-order valence-electron chi connectivity index (χ3n) is 1.73. The Morgan fingerprint density at radius 2 is 2.47 bits per heavy atom. The van der Waals surface area contributed by atoms with E-state index in [-0.39, 0.29) is 5.91 Å². The number of nitrogen functional groups attached to an aromatic ring is 1. The van der Waals surface area contributed by atoms with Gasteiger partial charge < -0.3 is 4.74 Å². The molecule has 0 spiro atoms. The lowest BCUT2D eigenvalue weighted by Crippen LogP contribution is -2.29. The number of nitrogens with one attached hydrogen (secondary N) is 1. The molecule has 0 aliphatic carbocycles. The largest absolute Gasteiger partial charge is 0.376 e. The van der Waals surface area contributed by atoms with E-state index in [0.717, 1.165) is 11.3 Å². The lowest BCUT2D eigenvalue weighted by Gasteiger charge is -1.98. The standard InChI is InChI=1S/C10H14N2O2S/c1-2-3-6-14-7-8-4-5-9(15-8)10(13)12-11/h2,4-5H,1,3,6-7,11H2,(H,12,13). The summed E-state index contributed by atoms with van der Waals surface area (Å²) in [7, 11) is 0. The van der Waals surface area contributed by atoms with Crippen LogP contribution in [0.25, 0.3) is 0 Å². The van der Waals surface area contributed by atoms with Gasteiger partial charge in [-0.2, -0.15) is 0 Å². The van der Waals surface area contributed by atoms with Crippen LogP contribution >= 0.6 is 11.3 Å². The molecular formula is C10H14N2O2S. The zero-order valence-corrected chi connectivity index (χ0v) is 9.18. The van der Waals surface area contributed by atoms with Crippen molar-refractivity contribution in [1.82, 2.24) is 5.43 Å². The lowest BCUT2D eigenvalue weighted by atomic mass is 10.4. The van der Waals surface area contributed by atoms with Crippen LogP contribution in [0.15, 0.2) is 24.8 Å². The monoisotopic (exact) mass is 226 g/mol. The number of hydrogen-bond acceptors (Lipinski definition) is 4. The number of ether oxygens (including phenoxy) is 1. The van der Waals surface area contributed by atoms with E-state index in [0.29, 0.717) is 18.1 Å². The van der Waals surface area contributed by atoms with Gasteiger partial charge in [0.2, 0.25) is 0 Å². The Labute approximate surface area is 92.7 Å². The van der Waals surface area contributed by atoms with Gasteiger partial charge in [0.05, 0.1) is 18.1 Å². The van der Waals surface area contributed by atoms with Gasteiger partial charge in [0.25, 0.3) is 5.91 Å². The molecule has 0 radical (unpaired) electrons. The Morgan fingerprint density at radius 1 is 1.67 bits per heavy atom. The van der Waals surface area contributed by atoms with Gasteiger partial charge in [-0.15, -0.1) is 17.9 Å². The summed E-state index contributed by atoms with van der Waals surface area (Å²) in [5.74, 6) is 4.75. The maximum atomic E-state index is 11.1. The van der Waals surface area contributed by atoms with Crippen molar-refractivity contribution in [2.24, 2.45) is 5.84 Å². The van der Waals surface area contributed by atoms with E-state index in [1.807, 2.05) is 12.1 Å². The van der Waals surface area contributed by atoms with Gasteiger partial charge in [-0.1, -0.05) is 6.08 Å². The second kappa shape index (κ2) is 6.34. The topological polar surface area (TPSA) is 64.3 Å². The van der Waals surface area contributed by atoms with Gasteiger partial charge in [-0.25, -0.2) is 5.84 Å². The maximum absolute atomic E-state index is 11.1. The van der Waals surface area contributed by atoms with Crippen molar-refractivity contribution >= 4 is 17.2 Å². The minimum Gasteiger partial charge on any atom is -0.376 e. The summed E-state index contributed by atoms with van der Waals surface area (Å²) in [4.78, 5) is 12.7. The average Bonchev–Trinajstić information content (AvgIpc) is 2.72. The smallest absolute Gasteiger partial charge is 0.275 e. The zero-order chi connectivity index (χ0) is 11.1. The molecule has 0 aliphatic heterocycles. The molecule has 4 nitrogen and oxygen atoms in total. The van der Waals surface area contributed by atoms with Gasteiger partial charge in [-0.05, 0) is 18.6 Å². The van der Waals surface area contributed by atoms with Crippen molar-refractivity contribution < 1.29 is 9.53 Å². The number of carbonyl (C=O) groups excluding carboxylic acids is 1. The number of amides is 1. The number of hydrazine groups is 1. The highest BCUT2D eigenvalue weighted by Gasteiger charge is 2.06. The van der Waals surface area contributed by atoms with E-state index in [4.69, 9.17) is 10.6 Å². The summed E-state index contributed by atoms with van der Waals surface area (Å²) in [5.41, 5.74) is 2.09. The van der Waals surface area contributed by atoms with E-state index in [1.165, 1.54) is 11.3 Å². The first-order valence-corrected chi connectivity index (χ1v) is 5.38. The van der Waals surface area contributed by atoms with Gasteiger partial charge >= 0.3 is 0 Å². The fourth-order valence-corrected chi connectivity index (χ4v) is 1.84. The molecule has 0 atom stereocenters. The molecule has 0 bridgehead atoms. The molecule has 0 saturated heterocycles. The van der Waals surface area contributed by atoms with Crippen LogP contribution in [-0.2, 0) is 11.3 Å². The zero-order valence-electron chi connectivity index (χ0n) is 8.36. The molecule has 1 heterocycles. The number of rotatable bonds is 6. The van der Waals surface area contributed by atoms with Crippen molar-refractivity contribution in [3.05, 3.63) is 34.5 Å². The summed E-state index contributed by atoms with van der Waals surface area (Å²) in [5, 5.41) is 0. The van der Waals surface area contributed by atoms with Crippen molar-refractivity contribution in [2.45, 2.75) is 13.0 Å². The van der Waals surface area contributed by atoms with E-state index in [1.54, 1.807) is 6.07 Å². The Balaban J connectivity index is 2.39. The summed E-state index contributed by atoms with van der Waals surface area (Å²) in [6.45, 7) is 4.78. The number of carbonyl (C=O) groups is 1. The molecular weight excluding hydrogens is 212 g/mol. The fraction of sp³-hybridized carbons (Fsp3) is 0.300. The van der Waals surface area contributed by atoms with Gasteiger partial charge in [0, 0.05) is 4.88 Å². The van der Waals surface area contributed by atoms with Crippen molar-refractivity contribution in [2.75, 3.05) is 6.61 Å².